The van der Waals surface area contributed by atoms with E-state index >= 15 is 0 Å². The van der Waals surface area contributed by atoms with E-state index in [1.54, 1.807) is 11.8 Å². The van der Waals surface area contributed by atoms with E-state index in [-0.39, 0.29) is 5.69 Å². The van der Waals surface area contributed by atoms with Gasteiger partial charge in [0.1, 0.15) is 5.75 Å². The lowest BCUT2D eigenvalue weighted by Gasteiger charge is -2.08. The van der Waals surface area contributed by atoms with E-state index in [1.807, 2.05) is 6.26 Å². The standard InChI is InChI=1S/C13H15NO5S/c1-20-8-2-7-19-12-5-4-11(14(17)18)9-10(12)3-6-13(15)16/h3-6,9H,2,7-8H2,1H3,(H,15,16)/b6-3+. The molecule has 20 heavy (non-hydrogen) atoms. The topological polar surface area (TPSA) is 89.7 Å². The molecule has 108 valence electrons. The highest BCUT2D eigenvalue weighted by atomic mass is 32.2. The van der Waals surface area contributed by atoms with Gasteiger partial charge in [-0.3, -0.25) is 10.1 Å². The van der Waals surface area contributed by atoms with Crippen LogP contribution in [0.2, 0.25) is 0 Å². The van der Waals surface area contributed by atoms with Crippen molar-refractivity contribution in [3.63, 3.8) is 0 Å². The fourth-order valence-electron chi connectivity index (χ4n) is 1.46. The van der Waals surface area contributed by atoms with Gasteiger partial charge in [-0.2, -0.15) is 11.8 Å². The number of nitro benzene ring substituents is 1. The molecule has 1 N–H and O–H groups in total. The molecule has 0 fully saturated rings. The highest BCUT2D eigenvalue weighted by Crippen LogP contribution is 2.25. The zero-order valence-electron chi connectivity index (χ0n) is 10.9. The van der Waals surface area contributed by atoms with E-state index in [4.69, 9.17) is 9.84 Å². The molecule has 0 aromatic heterocycles. The molecule has 1 aromatic rings. The first kappa shape index (κ1) is 16.0. The minimum Gasteiger partial charge on any atom is -0.493 e. The molecule has 0 aliphatic rings. The van der Waals surface area contributed by atoms with E-state index in [1.165, 1.54) is 24.3 Å². The Morgan fingerprint density at radius 3 is 2.90 bits per heavy atom. The van der Waals surface area contributed by atoms with Crippen molar-refractivity contribution >= 4 is 29.5 Å². The van der Waals surface area contributed by atoms with Crippen molar-refractivity contribution in [2.24, 2.45) is 0 Å². The predicted octanol–water partition coefficient (Wildman–Crippen LogP) is 2.82. The lowest BCUT2D eigenvalue weighted by atomic mass is 10.1. The number of non-ortho nitro benzene ring substituents is 1. The number of hydrogen-bond acceptors (Lipinski definition) is 5. The number of hydrogen-bond donors (Lipinski definition) is 1. The second kappa shape index (κ2) is 8.21. The Bertz CT molecular complexity index is 515. The van der Waals surface area contributed by atoms with E-state index in [2.05, 4.69) is 0 Å². The summed E-state index contributed by atoms with van der Waals surface area (Å²) in [6, 6.07) is 4.12. The molecule has 0 aliphatic heterocycles. The third kappa shape index (κ3) is 5.31. The van der Waals surface area contributed by atoms with E-state index in [0.717, 1.165) is 18.2 Å². The second-order valence-corrected chi connectivity index (χ2v) is 4.83. The van der Waals surface area contributed by atoms with Gasteiger partial charge in [-0.1, -0.05) is 0 Å². The lowest BCUT2D eigenvalue weighted by molar-refractivity contribution is -0.384. The maximum absolute atomic E-state index is 10.7. The predicted molar refractivity (Wildman–Crippen MR) is 78.3 cm³/mol. The van der Waals surface area contributed by atoms with Gasteiger partial charge in [-0.15, -0.1) is 0 Å². The summed E-state index contributed by atoms with van der Waals surface area (Å²) >= 11 is 1.70. The van der Waals surface area contributed by atoms with Crippen molar-refractivity contribution in [3.05, 3.63) is 40.0 Å². The summed E-state index contributed by atoms with van der Waals surface area (Å²) in [5, 5.41) is 19.3. The average molecular weight is 297 g/mol. The largest absolute Gasteiger partial charge is 0.493 e. The van der Waals surface area contributed by atoms with Crippen LogP contribution in [0.1, 0.15) is 12.0 Å². The van der Waals surface area contributed by atoms with Crippen molar-refractivity contribution in [1.82, 2.24) is 0 Å². The molecule has 0 aliphatic carbocycles. The Kier molecular flexibility index (Phi) is 6.58. The van der Waals surface area contributed by atoms with Gasteiger partial charge in [0.25, 0.3) is 5.69 Å². The second-order valence-electron chi connectivity index (χ2n) is 3.85. The Morgan fingerprint density at radius 2 is 2.30 bits per heavy atom. The number of nitro groups is 1. The van der Waals surface area contributed by atoms with Gasteiger partial charge in [0.15, 0.2) is 0 Å². The van der Waals surface area contributed by atoms with Gasteiger partial charge < -0.3 is 9.84 Å². The van der Waals surface area contributed by atoms with Crippen LogP contribution in [0, 0.1) is 10.1 Å². The Balaban J connectivity index is 2.90. The first-order valence-electron chi connectivity index (χ1n) is 5.85. The van der Waals surface area contributed by atoms with Crippen LogP contribution in [0.5, 0.6) is 5.75 Å². The van der Waals surface area contributed by atoms with Gasteiger partial charge in [0.05, 0.1) is 11.5 Å². The number of benzene rings is 1. The van der Waals surface area contributed by atoms with Gasteiger partial charge >= 0.3 is 5.97 Å². The van der Waals surface area contributed by atoms with Crippen molar-refractivity contribution in [3.8, 4) is 5.75 Å². The van der Waals surface area contributed by atoms with E-state index in [9.17, 15) is 14.9 Å². The highest BCUT2D eigenvalue weighted by molar-refractivity contribution is 7.98. The third-order valence-electron chi connectivity index (χ3n) is 2.36. The van der Waals surface area contributed by atoms with Gasteiger partial charge in [-0.25, -0.2) is 4.79 Å². The summed E-state index contributed by atoms with van der Waals surface area (Å²) < 4.78 is 5.53. The van der Waals surface area contributed by atoms with Crippen LogP contribution >= 0.6 is 11.8 Å². The minimum absolute atomic E-state index is 0.105. The van der Waals surface area contributed by atoms with Gasteiger partial charge in [0, 0.05) is 23.8 Å². The molecule has 0 radical (unpaired) electrons. The minimum atomic E-state index is -1.12. The highest BCUT2D eigenvalue weighted by Gasteiger charge is 2.10. The quantitative estimate of drug-likeness (QED) is 0.343. The molecular weight excluding hydrogens is 282 g/mol. The van der Waals surface area contributed by atoms with Crippen molar-refractivity contribution < 1.29 is 19.6 Å². The summed E-state index contributed by atoms with van der Waals surface area (Å²) in [4.78, 5) is 20.7. The summed E-state index contributed by atoms with van der Waals surface area (Å²) in [6.07, 6.45) is 5.06. The zero-order chi connectivity index (χ0) is 15.0. The Hall–Kier alpha value is -2.02. The summed E-state index contributed by atoms with van der Waals surface area (Å²) in [5.74, 6) is 0.270. The van der Waals surface area contributed by atoms with Crippen LogP contribution in [0.4, 0.5) is 5.69 Å². The molecule has 0 amide bonds. The van der Waals surface area contributed by atoms with Crippen molar-refractivity contribution in [2.75, 3.05) is 18.6 Å². The summed E-state index contributed by atoms with van der Waals surface area (Å²) in [6.45, 7) is 0.479. The Labute approximate surface area is 120 Å². The van der Waals surface area contributed by atoms with Gasteiger partial charge in [-0.05, 0) is 30.6 Å². The van der Waals surface area contributed by atoms with Crippen LogP contribution in [0.25, 0.3) is 6.08 Å². The molecule has 0 spiro atoms. The fourth-order valence-corrected chi connectivity index (χ4v) is 1.86. The van der Waals surface area contributed by atoms with E-state index < -0.39 is 10.9 Å². The molecule has 0 bridgehead atoms. The molecule has 0 unspecified atom stereocenters. The number of aliphatic carboxylic acids is 1. The molecule has 0 atom stereocenters. The van der Waals surface area contributed by atoms with Crippen LogP contribution in [-0.4, -0.2) is 34.6 Å². The SMILES string of the molecule is CSCCCOc1ccc([N+](=O)[O-])cc1/C=C/C(=O)O. The van der Waals surface area contributed by atoms with Gasteiger partial charge in [0.2, 0.25) is 0 Å². The molecule has 6 nitrogen and oxygen atoms in total. The molecule has 7 heteroatoms. The number of rotatable bonds is 8. The lowest BCUT2D eigenvalue weighted by Crippen LogP contribution is -2.01. The van der Waals surface area contributed by atoms with E-state index in [0.29, 0.717) is 17.9 Å². The molecular formula is C13H15NO5S. The molecule has 1 rings (SSSR count). The van der Waals surface area contributed by atoms with Crippen molar-refractivity contribution in [2.45, 2.75) is 6.42 Å². The van der Waals surface area contributed by atoms with Crippen LogP contribution in [0.3, 0.4) is 0 Å². The number of ether oxygens (including phenoxy) is 1. The van der Waals surface area contributed by atoms with Crippen LogP contribution < -0.4 is 4.74 Å². The maximum atomic E-state index is 10.7. The number of carboxylic acids is 1. The van der Waals surface area contributed by atoms with Crippen molar-refractivity contribution in [1.29, 1.82) is 0 Å². The average Bonchev–Trinajstić information content (AvgIpc) is 2.41. The molecule has 0 heterocycles. The number of carbonyl (C=O) groups is 1. The fraction of sp³-hybridized carbons (Fsp3) is 0.308. The van der Waals surface area contributed by atoms with Crippen LogP contribution in [0.15, 0.2) is 24.3 Å². The monoisotopic (exact) mass is 297 g/mol. The summed E-state index contributed by atoms with van der Waals surface area (Å²) in [5.41, 5.74) is 0.275. The first-order valence-corrected chi connectivity index (χ1v) is 7.25. The van der Waals surface area contributed by atoms with Crippen LogP contribution in [-0.2, 0) is 4.79 Å². The maximum Gasteiger partial charge on any atom is 0.328 e. The Morgan fingerprint density at radius 1 is 1.55 bits per heavy atom. The molecule has 1 aromatic carbocycles. The number of thioether (sulfide) groups is 1. The number of carboxylic acid groups (broad SMARTS) is 1. The molecule has 0 saturated carbocycles. The molecule has 0 saturated heterocycles. The number of nitrogens with zero attached hydrogens (tertiary/aromatic N) is 1. The zero-order valence-corrected chi connectivity index (χ0v) is 11.8. The normalized spacial score (nSPS) is 10.7. The smallest absolute Gasteiger partial charge is 0.328 e. The first-order chi connectivity index (χ1) is 9.54. The summed E-state index contributed by atoms with van der Waals surface area (Å²) in [7, 11) is 0. The third-order valence-corrected chi connectivity index (χ3v) is 3.06.